The van der Waals surface area contributed by atoms with E-state index in [0.29, 0.717) is 0 Å². The van der Waals surface area contributed by atoms with Crippen LogP contribution >= 0.6 is 0 Å². The third-order valence-corrected chi connectivity index (χ3v) is 2.32. The van der Waals surface area contributed by atoms with Crippen molar-refractivity contribution in [1.82, 2.24) is 0 Å². The van der Waals surface area contributed by atoms with Gasteiger partial charge in [0.2, 0.25) is 5.91 Å². The Morgan fingerprint density at radius 1 is 1.31 bits per heavy atom. The van der Waals surface area contributed by atoms with Crippen molar-refractivity contribution in [2.75, 3.05) is 7.11 Å². The Kier molecular flexibility index (Phi) is 3.63. The van der Waals surface area contributed by atoms with E-state index in [1.807, 2.05) is 6.07 Å². The highest BCUT2D eigenvalue weighted by Gasteiger charge is 2.41. The van der Waals surface area contributed by atoms with Gasteiger partial charge in [0.05, 0.1) is 7.11 Å². The number of benzene rings is 1. The first-order valence-electron chi connectivity index (χ1n) is 4.72. The SMILES string of the molecule is COC(=O)C(N)(Cc1ccccc1)C(N)=O. The van der Waals surface area contributed by atoms with Gasteiger partial charge in [-0.1, -0.05) is 30.3 Å². The summed E-state index contributed by atoms with van der Waals surface area (Å²) in [6.45, 7) is 0. The van der Waals surface area contributed by atoms with Crippen molar-refractivity contribution in [2.45, 2.75) is 12.0 Å². The number of methoxy groups -OCH3 is 1. The molecule has 0 spiro atoms. The van der Waals surface area contributed by atoms with Gasteiger partial charge in [0.25, 0.3) is 0 Å². The van der Waals surface area contributed by atoms with Crippen LogP contribution < -0.4 is 11.5 Å². The van der Waals surface area contributed by atoms with Crippen molar-refractivity contribution < 1.29 is 14.3 Å². The van der Waals surface area contributed by atoms with E-state index in [1.165, 1.54) is 0 Å². The highest BCUT2D eigenvalue weighted by molar-refractivity contribution is 6.06. The number of rotatable bonds is 4. The topological polar surface area (TPSA) is 95.4 Å². The predicted molar refractivity (Wildman–Crippen MR) is 58.3 cm³/mol. The maximum Gasteiger partial charge on any atom is 0.336 e. The molecule has 1 unspecified atom stereocenters. The zero-order valence-electron chi connectivity index (χ0n) is 8.97. The fourth-order valence-electron chi connectivity index (χ4n) is 1.36. The smallest absolute Gasteiger partial charge is 0.336 e. The van der Waals surface area contributed by atoms with Crippen LogP contribution in [0.3, 0.4) is 0 Å². The average Bonchev–Trinajstić information content (AvgIpc) is 2.28. The Labute approximate surface area is 93.4 Å². The van der Waals surface area contributed by atoms with E-state index in [9.17, 15) is 9.59 Å². The molecule has 1 rings (SSSR count). The van der Waals surface area contributed by atoms with E-state index in [1.54, 1.807) is 24.3 Å². The second-order valence-corrected chi connectivity index (χ2v) is 3.49. The van der Waals surface area contributed by atoms with Crippen LogP contribution in [0.2, 0.25) is 0 Å². The van der Waals surface area contributed by atoms with Gasteiger partial charge in [0, 0.05) is 6.42 Å². The summed E-state index contributed by atoms with van der Waals surface area (Å²) in [5.41, 5.74) is 9.74. The minimum atomic E-state index is -1.81. The molecule has 1 amide bonds. The number of primary amides is 1. The van der Waals surface area contributed by atoms with Crippen LogP contribution in [0.4, 0.5) is 0 Å². The summed E-state index contributed by atoms with van der Waals surface area (Å²) in [6, 6.07) is 8.91. The van der Waals surface area contributed by atoms with Crippen molar-refractivity contribution in [3.05, 3.63) is 35.9 Å². The number of amides is 1. The Hall–Kier alpha value is -1.88. The molecule has 0 saturated carbocycles. The van der Waals surface area contributed by atoms with Crippen molar-refractivity contribution in [1.29, 1.82) is 0 Å². The van der Waals surface area contributed by atoms with Gasteiger partial charge < -0.3 is 16.2 Å². The second-order valence-electron chi connectivity index (χ2n) is 3.49. The molecule has 0 aliphatic carbocycles. The van der Waals surface area contributed by atoms with Crippen molar-refractivity contribution >= 4 is 11.9 Å². The maximum absolute atomic E-state index is 11.4. The number of carbonyl (C=O) groups is 2. The molecular weight excluding hydrogens is 208 g/mol. The number of nitrogens with two attached hydrogens (primary N) is 2. The Balaban J connectivity index is 2.97. The summed E-state index contributed by atoms with van der Waals surface area (Å²) < 4.78 is 4.48. The molecule has 0 aliphatic rings. The molecule has 0 radical (unpaired) electrons. The number of carbonyl (C=O) groups excluding carboxylic acids is 2. The van der Waals surface area contributed by atoms with Gasteiger partial charge in [-0.15, -0.1) is 0 Å². The predicted octanol–water partition coefficient (Wildman–Crippen LogP) is -0.415. The molecular formula is C11H14N2O3. The lowest BCUT2D eigenvalue weighted by atomic mass is 9.91. The Bertz CT molecular complexity index is 391. The van der Waals surface area contributed by atoms with Gasteiger partial charge in [-0.05, 0) is 5.56 Å². The van der Waals surface area contributed by atoms with E-state index in [-0.39, 0.29) is 6.42 Å². The molecule has 1 aromatic rings. The minimum absolute atomic E-state index is 0.0237. The zero-order chi connectivity index (χ0) is 12.2. The van der Waals surface area contributed by atoms with Gasteiger partial charge >= 0.3 is 5.97 Å². The van der Waals surface area contributed by atoms with Crippen LogP contribution in [0.5, 0.6) is 0 Å². The van der Waals surface area contributed by atoms with Crippen LogP contribution in [0.1, 0.15) is 5.56 Å². The highest BCUT2D eigenvalue weighted by atomic mass is 16.5. The summed E-state index contributed by atoms with van der Waals surface area (Å²) in [7, 11) is 1.16. The number of hydrogen-bond acceptors (Lipinski definition) is 4. The maximum atomic E-state index is 11.4. The molecule has 0 heterocycles. The molecule has 0 aliphatic heterocycles. The van der Waals surface area contributed by atoms with Gasteiger partial charge in [-0.25, -0.2) is 4.79 Å². The third-order valence-electron chi connectivity index (χ3n) is 2.32. The monoisotopic (exact) mass is 222 g/mol. The number of esters is 1. The lowest BCUT2D eigenvalue weighted by Gasteiger charge is -2.22. The Morgan fingerprint density at radius 2 is 1.88 bits per heavy atom. The molecule has 0 aromatic heterocycles. The van der Waals surface area contributed by atoms with Crippen LogP contribution in [0.25, 0.3) is 0 Å². The van der Waals surface area contributed by atoms with Crippen molar-refractivity contribution in [2.24, 2.45) is 11.5 Å². The van der Waals surface area contributed by atoms with Crippen LogP contribution in [-0.2, 0) is 20.7 Å². The third kappa shape index (κ3) is 2.38. The summed E-state index contributed by atoms with van der Waals surface area (Å²) >= 11 is 0. The fraction of sp³-hybridized carbons (Fsp3) is 0.273. The highest BCUT2D eigenvalue weighted by Crippen LogP contribution is 2.12. The molecule has 0 bridgehead atoms. The number of hydrogen-bond donors (Lipinski definition) is 2. The molecule has 0 fully saturated rings. The standard InChI is InChI=1S/C11H14N2O3/c1-16-10(15)11(13,9(12)14)7-8-5-3-2-4-6-8/h2-6H,7,13H2,1H3,(H2,12,14). The minimum Gasteiger partial charge on any atom is -0.467 e. The zero-order valence-corrected chi connectivity index (χ0v) is 8.97. The lowest BCUT2D eigenvalue weighted by molar-refractivity contribution is -0.151. The summed E-state index contributed by atoms with van der Waals surface area (Å²) in [5.74, 6) is -1.73. The molecule has 16 heavy (non-hydrogen) atoms. The van der Waals surface area contributed by atoms with Crippen molar-refractivity contribution in [3.8, 4) is 0 Å². The van der Waals surface area contributed by atoms with Gasteiger partial charge in [0.15, 0.2) is 5.54 Å². The number of ether oxygens (including phenoxy) is 1. The molecule has 1 aromatic carbocycles. The summed E-state index contributed by atoms with van der Waals surface area (Å²) in [4.78, 5) is 22.7. The van der Waals surface area contributed by atoms with E-state index in [0.717, 1.165) is 12.7 Å². The largest absolute Gasteiger partial charge is 0.467 e. The fourth-order valence-corrected chi connectivity index (χ4v) is 1.36. The quantitative estimate of drug-likeness (QED) is 0.534. The van der Waals surface area contributed by atoms with Crippen molar-refractivity contribution in [3.63, 3.8) is 0 Å². The van der Waals surface area contributed by atoms with E-state index in [4.69, 9.17) is 11.5 Å². The van der Waals surface area contributed by atoms with Crippen LogP contribution in [-0.4, -0.2) is 24.5 Å². The van der Waals surface area contributed by atoms with Gasteiger partial charge in [-0.2, -0.15) is 0 Å². The van der Waals surface area contributed by atoms with Gasteiger partial charge in [-0.3, -0.25) is 4.79 Å². The Morgan fingerprint density at radius 3 is 2.31 bits per heavy atom. The van der Waals surface area contributed by atoms with E-state index >= 15 is 0 Å². The van der Waals surface area contributed by atoms with Gasteiger partial charge in [0.1, 0.15) is 0 Å². The normalized spacial score (nSPS) is 13.9. The van der Waals surface area contributed by atoms with Crippen LogP contribution in [0, 0.1) is 0 Å². The molecule has 5 nitrogen and oxygen atoms in total. The second kappa shape index (κ2) is 4.76. The first-order chi connectivity index (χ1) is 7.50. The van der Waals surface area contributed by atoms with E-state index in [2.05, 4.69) is 4.74 Å². The molecule has 86 valence electrons. The lowest BCUT2D eigenvalue weighted by Crippen LogP contribution is -2.60. The molecule has 1 atom stereocenters. The summed E-state index contributed by atoms with van der Waals surface area (Å²) in [5, 5.41) is 0. The summed E-state index contributed by atoms with van der Waals surface area (Å²) in [6.07, 6.45) is 0.0237. The molecule has 5 heteroatoms. The van der Waals surface area contributed by atoms with E-state index < -0.39 is 17.4 Å². The first-order valence-corrected chi connectivity index (χ1v) is 4.72. The molecule has 0 saturated heterocycles. The first kappa shape index (κ1) is 12.2. The molecule has 4 N–H and O–H groups in total. The van der Waals surface area contributed by atoms with Crippen LogP contribution in [0.15, 0.2) is 30.3 Å². The average molecular weight is 222 g/mol.